The number of anilines is 2. The molecule has 0 radical (unpaired) electrons. The molecule has 0 spiro atoms. The zero-order valence-corrected chi connectivity index (χ0v) is 18.1. The Morgan fingerprint density at radius 3 is 2.53 bits per heavy atom. The van der Waals surface area contributed by atoms with Crippen molar-refractivity contribution in [3.63, 3.8) is 0 Å². The average Bonchev–Trinajstić information content (AvgIpc) is 3.24. The lowest BCUT2D eigenvalue weighted by molar-refractivity contribution is 0.0616. The summed E-state index contributed by atoms with van der Waals surface area (Å²) in [6.45, 7) is 0.214. The van der Waals surface area contributed by atoms with Crippen molar-refractivity contribution in [3.8, 4) is 6.07 Å². The van der Waals surface area contributed by atoms with Crippen LogP contribution in [0.3, 0.4) is 0 Å². The summed E-state index contributed by atoms with van der Waals surface area (Å²) in [4.78, 5) is 25.6. The number of nitriles is 1. The van der Waals surface area contributed by atoms with Gasteiger partial charge in [0.1, 0.15) is 11.4 Å². The van der Waals surface area contributed by atoms with Crippen molar-refractivity contribution in [3.05, 3.63) is 77.7 Å². The summed E-state index contributed by atoms with van der Waals surface area (Å²) < 4.78 is 14.7. The smallest absolute Gasteiger partial charge is 0.407 e. The fraction of sp³-hybridized carbons (Fsp3) is 0.250. The highest BCUT2D eigenvalue weighted by Crippen LogP contribution is 2.36. The predicted octanol–water partition coefficient (Wildman–Crippen LogP) is 3.54. The molecule has 2 heterocycles. The molecule has 1 saturated heterocycles. The summed E-state index contributed by atoms with van der Waals surface area (Å²) in [6, 6.07) is 15.9. The molecule has 2 aromatic carbocycles. The second-order valence-electron chi connectivity index (χ2n) is 8.12. The quantitative estimate of drug-likeness (QED) is 0.512. The van der Waals surface area contributed by atoms with E-state index in [0.717, 1.165) is 5.56 Å². The van der Waals surface area contributed by atoms with Gasteiger partial charge < -0.3 is 21.1 Å². The van der Waals surface area contributed by atoms with Crippen LogP contribution in [0.15, 0.2) is 60.8 Å². The zero-order chi connectivity index (χ0) is 24.2. The minimum absolute atomic E-state index is 0.0759. The standard InChI is InChI=1S/C24H23FN6O3/c25-17-6-8-18(9-7-17)28-23-19(22(27)32)14-31(29-23)21-16(13-26)10-11-30(24(33)34)20(21)12-15-4-2-1-3-5-15/h1-9,14,16,20-21H,10-12H2,(H2,27,32)(H,28,29)(H,33,34)/t16-,20?,21-/m1/s1. The third kappa shape index (κ3) is 4.68. The van der Waals surface area contributed by atoms with Gasteiger partial charge in [0.2, 0.25) is 0 Å². The number of aromatic nitrogens is 2. The number of nitrogens with one attached hydrogen (secondary N) is 1. The van der Waals surface area contributed by atoms with Crippen molar-refractivity contribution in [1.29, 1.82) is 5.26 Å². The van der Waals surface area contributed by atoms with Gasteiger partial charge in [-0.3, -0.25) is 9.48 Å². The third-order valence-corrected chi connectivity index (χ3v) is 6.00. The summed E-state index contributed by atoms with van der Waals surface area (Å²) in [5, 5.41) is 27.2. The van der Waals surface area contributed by atoms with E-state index in [0.29, 0.717) is 18.5 Å². The maximum atomic E-state index is 13.3. The Bertz CT molecular complexity index is 1220. The monoisotopic (exact) mass is 462 g/mol. The van der Waals surface area contributed by atoms with E-state index < -0.39 is 35.8 Å². The van der Waals surface area contributed by atoms with Gasteiger partial charge in [0.05, 0.1) is 24.1 Å². The van der Waals surface area contributed by atoms with E-state index in [9.17, 15) is 24.3 Å². The number of likely N-dealkylation sites (tertiary alicyclic amines) is 1. The number of carboxylic acid groups (broad SMARTS) is 1. The second-order valence-corrected chi connectivity index (χ2v) is 8.12. The van der Waals surface area contributed by atoms with Crippen LogP contribution >= 0.6 is 0 Å². The molecule has 174 valence electrons. The average molecular weight is 462 g/mol. The van der Waals surface area contributed by atoms with Crippen LogP contribution < -0.4 is 11.1 Å². The van der Waals surface area contributed by atoms with Crippen molar-refractivity contribution in [2.24, 2.45) is 11.7 Å². The van der Waals surface area contributed by atoms with Crippen molar-refractivity contribution in [1.82, 2.24) is 14.7 Å². The van der Waals surface area contributed by atoms with Gasteiger partial charge >= 0.3 is 6.09 Å². The Kier molecular flexibility index (Phi) is 6.45. The van der Waals surface area contributed by atoms with Crippen LogP contribution in [0.25, 0.3) is 0 Å². The second kappa shape index (κ2) is 9.62. The number of rotatable bonds is 6. The first-order valence-corrected chi connectivity index (χ1v) is 10.7. The number of halogens is 1. The first-order chi connectivity index (χ1) is 16.4. The van der Waals surface area contributed by atoms with Crippen molar-refractivity contribution >= 4 is 23.5 Å². The lowest BCUT2D eigenvalue weighted by atomic mass is 9.83. The van der Waals surface area contributed by atoms with Crippen molar-refractivity contribution < 1.29 is 19.1 Å². The molecule has 34 heavy (non-hydrogen) atoms. The molecule has 3 atom stereocenters. The first-order valence-electron chi connectivity index (χ1n) is 10.7. The van der Waals surface area contributed by atoms with Gasteiger partial charge in [0, 0.05) is 18.4 Å². The Labute approximate surface area is 195 Å². The number of primary amides is 1. The molecule has 3 aromatic rings. The molecular weight excluding hydrogens is 439 g/mol. The number of nitrogens with zero attached hydrogens (tertiary/aromatic N) is 4. The number of piperidine rings is 1. The Hall–Kier alpha value is -4.39. The molecular formula is C24H23FN6O3. The van der Waals surface area contributed by atoms with Gasteiger partial charge in [-0.2, -0.15) is 10.4 Å². The number of amides is 2. The molecule has 1 fully saturated rings. The fourth-order valence-corrected chi connectivity index (χ4v) is 4.38. The number of carbonyl (C=O) groups is 2. The predicted molar refractivity (Wildman–Crippen MR) is 122 cm³/mol. The van der Waals surface area contributed by atoms with Crippen LogP contribution in [0, 0.1) is 23.1 Å². The van der Waals surface area contributed by atoms with Gasteiger partial charge in [0.25, 0.3) is 5.91 Å². The van der Waals surface area contributed by atoms with Crippen LogP contribution in [0.5, 0.6) is 0 Å². The minimum atomic E-state index is -1.09. The number of hydrogen-bond donors (Lipinski definition) is 3. The summed E-state index contributed by atoms with van der Waals surface area (Å²) in [7, 11) is 0. The Balaban J connectivity index is 1.76. The van der Waals surface area contributed by atoms with Crippen LogP contribution in [0.4, 0.5) is 20.7 Å². The molecule has 1 aromatic heterocycles. The third-order valence-electron chi connectivity index (χ3n) is 6.00. The lowest BCUT2D eigenvalue weighted by Crippen LogP contribution is -2.52. The highest BCUT2D eigenvalue weighted by Gasteiger charge is 2.42. The highest BCUT2D eigenvalue weighted by atomic mass is 19.1. The van der Waals surface area contributed by atoms with E-state index in [4.69, 9.17) is 5.73 Å². The van der Waals surface area contributed by atoms with Gasteiger partial charge in [0.15, 0.2) is 5.82 Å². The van der Waals surface area contributed by atoms with Crippen LogP contribution in [0.2, 0.25) is 0 Å². The largest absolute Gasteiger partial charge is 0.465 e. The summed E-state index contributed by atoms with van der Waals surface area (Å²) in [6.07, 6.45) is 1.04. The fourth-order valence-electron chi connectivity index (χ4n) is 4.38. The van der Waals surface area contributed by atoms with E-state index >= 15 is 0 Å². The molecule has 4 rings (SSSR count). The van der Waals surface area contributed by atoms with E-state index in [1.54, 1.807) is 0 Å². The highest BCUT2D eigenvalue weighted by molar-refractivity contribution is 5.98. The first kappa shape index (κ1) is 22.8. The number of carbonyl (C=O) groups excluding carboxylic acids is 1. The van der Waals surface area contributed by atoms with Gasteiger partial charge in [-0.15, -0.1) is 0 Å². The molecule has 1 unspecified atom stereocenters. The molecule has 0 aliphatic carbocycles. The van der Waals surface area contributed by atoms with Crippen molar-refractivity contribution in [2.75, 3.05) is 11.9 Å². The summed E-state index contributed by atoms with van der Waals surface area (Å²) in [5.41, 5.74) is 7.05. The molecule has 0 saturated carbocycles. The van der Waals surface area contributed by atoms with E-state index in [1.807, 2.05) is 30.3 Å². The Morgan fingerprint density at radius 1 is 1.21 bits per heavy atom. The molecule has 1 aliphatic rings. The van der Waals surface area contributed by atoms with E-state index in [1.165, 1.54) is 40.0 Å². The lowest BCUT2D eigenvalue weighted by Gasteiger charge is -2.42. The number of benzene rings is 2. The molecule has 4 N–H and O–H groups in total. The molecule has 1 aliphatic heterocycles. The van der Waals surface area contributed by atoms with Crippen LogP contribution in [-0.2, 0) is 6.42 Å². The van der Waals surface area contributed by atoms with Crippen LogP contribution in [0.1, 0.15) is 28.4 Å². The molecule has 10 heteroatoms. The van der Waals surface area contributed by atoms with E-state index in [-0.39, 0.29) is 17.9 Å². The zero-order valence-electron chi connectivity index (χ0n) is 18.1. The SMILES string of the molecule is N#C[C@H]1CCN(C(=O)O)C(Cc2ccccc2)[C@@H]1n1cc(C(N)=O)c(Nc2ccc(F)cc2)n1. The van der Waals surface area contributed by atoms with Crippen LogP contribution in [-0.4, -0.2) is 44.4 Å². The maximum Gasteiger partial charge on any atom is 0.407 e. The van der Waals surface area contributed by atoms with Crippen molar-refractivity contribution in [2.45, 2.75) is 24.9 Å². The van der Waals surface area contributed by atoms with Gasteiger partial charge in [-0.25, -0.2) is 9.18 Å². The summed E-state index contributed by atoms with van der Waals surface area (Å²) in [5.74, 6) is -1.55. The number of nitrogens with two attached hydrogens (primary N) is 1. The van der Waals surface area contributed by atoms with Gasteiger partial charge in [-0.05, 0) is 42.7 Å². The molecule has 9 nitrogen and oxygen atoms in total. The molecule has 0 bridgehead atoms. The summed E-state index contributed by atoms with van der Waals surface area (Å²) >= 11 is 0. The van der Waals surface area contributed by atoms with Gasteiger partial charge in [-0.1, -0.05) is 30.3 Å². The number of hydrogen-bond acceptors (Lipinski definition) is 5. The van der Waals surface area contributed by atoms with E-state index in [2.05, 4.69) is 16.5 Å². The topological polar surface area (TPSA) is 137 Å². The minimum Gasteiger partial charge on any atom is -0.465 e. The normalized spacial score (nSPS) is 19.9. The Morgan fingerprint density at radius 2 is 1.91 bits per heavy atom. The maximum absolute atomic E-state index is 13.3. The molecule has 2 amide bonds.